The number of esters is 1. The summed E-state index contributed by atoms with van der Waals surface area (Å²) in [6.45, 7) is 2.59. The van der Waals surface area contributed by atoms with Gasteiger partial charge in [0.15, 0.2) is 0 Å². The quantitative estimate of drug-likeness (QED) is 0.688. The Balaban J connectivity index is 1.73. The Morgan fingerprint density at radius 3 is 2.37 bits per heavy atom. The average molecular weight is 368 g/mol. The zero-order chi connectivity index (χ0) is 19.1. The second kappa shape index (κ2) is 9.40. The van der Waals surface area contributed by atoms with Crippen LogP contribution in [-0.2, 0) is 9.53 Å². The van der Waals surface area contributed by atoms with Crippen LogP contribution in [0.15, 0.2) is 48.8 Å². The van der Waals surface area contributed by atoms with Crippen LogP contribution in [0.1, 0.15) is 55.8 Å². The SMILES string of the molecule is CCOC(=O)CCN(C(=O)c1ccc(-n2cccc2)cc1)C1CCCCC1. The summed E-state index contributed by atoms with van der Waals surface area (Å²) in [5, 5.41) is 0. The van der Waals surface area contributed by atoms with Crippen LogP contribution in [0.25, 0.3) is 5.69 Å². The number of carbonyl (C=O) groups is 2. The van der Waals surface area contributed by atoms with Gasteiger partial charge in [0.2, 0.25) is 0 Å². The van der Waals surface area contributed by atoms with Gasteiger partial charge >= 0.3 is 5.97 Å². The van der Waals surface area contributed by atoms with E-state index in [1.807, 2.05) is 58.3 Å². The van der Waals surface area contributed by atoms with Crippen LogP contribution in [0.2, 0.25) is 0 Å². The van der Waals surface area contributed by atoms with Crippen molar-refractivity contribution in [1.82, 2.24) is 9.47 Å². The zero-order valence-corrected chi connectivity index (χ0v) is 16.0. The van der Waals surface area contributed by atoms with Crippen LogP contribution in [-0.4, -0.2) is 40.5 Å². The summed E-state index contributed by atoms with van der Waals surface area (Å²) in [7, 11) is 0. The first-order valence-electron chi connectivity index (χ1n) is 9.89. The molecule has 2 aromatic rings. The van der Waals surface area contributed by atoms with Crippen molar-refractivity contribution in [3.8, 4) is 5.69 Å². The lowest BCUT2D eigenvalue weighted by molar-refractivity contribution is -0.143. The molecule has 0 N–H and O–H groups in total. The third-order valence-electron chi connectivity index (χ3n) is 5.16. The molecular formula is C22H28N2O3. The summed E-state index contributed by atoms with van der Waals surface area (Å²) < 4.78 is 7.05. The molecule has 0 aliphatic heterocycles. The van der Waals surface area contributed by atoms with Crippen molar-refractivity contribution in [3.63, 3.8) is 0 Å². The summed E-state index contributed by atoms with van der Waals surface area (Å²) in [6, 6.07) is 11.8. The number of hydrogen-bond acceptors (Lipinski definition) is 3. The van der Waals surface area contributed by atoms with E-state index in [9.17, 15) is 9.59 Å². The molecule has 5 heteroatoms. The molecule has 144 valence electrons. The Bertz CT molecular complexity index is 731. The summed E-state index contributed by atoms with van der Waals surface area (Å²) in [5.74, 6) is -0.237. The predicted octanol–water partition coefficient (Wildman–Crippen LogP) is 4.21. The first-order valence-corrected chi connectivity index (χ1v) is 9.89. The highest BCUT2D eigenvalue weighted by molar-refractivity contribution is 5.94. The van der Waals surface area contributed by atoms with Crippen LogP contribution in [0.4, 0.5) is 0 Å². The molecule has 1 saturated carbocycles. The van der Waals surface area contributed by atoms with Crippen LogP contribution in [0.5, 0.6) is 0 Å². The van der Waals surface area contributed by atoms with E-state index in [1.165, 1.54) is 6.42 Å². The van der Waals surface area contributed by atoms with E-state index in [-0.39, 0.29) is 24.3 Å². The molecule has 0 saturated heterocycles. The van der Waals surface area contributed by atoms with Gasteiger partial charge in [0.1, 0.15) is 0 Å². The third-order valence-corrected chi connectivity index (χ3v) is 5.16. The molecule has 1 aromatic carbocycles. The molecule has 0 radical (unpaired) electrons. The first-order chi connectivity index (χ1) is 13.2. The van der Waals surface area contributed by atoms with Gasteiger partial charge in [-0.25, -0.2) is 0 Å². The van der Waals surface area contributed by atoms with E-state index >= 15 is 0 Å². The summed E-state index contributed by atoms with van der Waals surface area (Å²) >= 11 is 0. The zero-order valence-electron chi connectivity index (χ0n) is 16.0. The van der Waals surface area contributed by atoms with Crippen molar-refractivity contribution in [2.45, 2.75) is 51.5 Å². The number of rotatable bonds is 7. The van der Waals surface area contributed by atoms with E-state index in [4.69, 9.17) is 4.74 Å². The third kappa shape index (κ3) is 5.00. The van der Waals surface area contributed by atoms with Crippen LogP contribution >= 0.6 is 0 Å². The van der Waals surface area contributed by atoms with Crippen LogP contribution in [0.3, 0.4) is 0 Å². The molecule has 1 amide bonds. The molecule has 1 aliphatic rings. The summed E-state index contributed by atoms with van der Waals surface area (Å²) in [5.41, 5.74) is 1.69. The van der Waals surface area contributed by atoms with Gasteiger partial charge in [-0.3, -0.25) is 9.59 Å². The lowest BCUT2D eigenvalue weighted by Crippen LogP contribution is -2.42. The van der Waals surface area contributed by atoms with Gasteiger partial charge in [-0.1, -0.05) is 19.3 Å². The first kappa shape index (κ1) is 19.2. The van der Waals surface area contributed by atoms with Crippen molar-refractivity contribution in [2.75, 3.05) is 13.2 Å². The fraction of sp³-hybridized carbons (Fsp3) is 0.455. The molecule has 1 fully saturated rings. The molecule has 5 nitrogen and oxygen atoms in total. The predicted molar refractivity (Wildman–Crippen MR) is 105 cm³/mol. The fourth-order valence-electron chi connectivity index (χ4n) is 3.74. The molecule has 27 heavy (non-hydrogen) atoms. The number of ether oxygens (including phenoxy) is 1. The van der Waals surface area contributed by atoms with Crippen molar-refractivity contribution in [3.05, 3.63) is 54.4 Å². The monoisotopic (exact) mass is 368 g/mol. The average Bonchev–Trinajstić information content (AvgIpc) is 3.24. The number of carbonyl (C=O) groups excluding carboxylic acids is 2. The number of nitrogens with zero attached hydrogens (tertiary/aromatic N) is 2. The Morgan fingerprint density at radius 2 is 1.74 bits per heavy atom. The van der Waals surface area contributed by atoms with E-state index in [0.717, 1.165) is 31.4 Å². The second-order valence-corrected chi connectivity index (χ2v) is 6.98. The second-order valence-electron chi connectivity index (χ2n) is 6.98. The summed E-state index contributed by atoms with van der Waals surface area (Å²) in [4.78, 5) is 26.9. The normalized spacial score (nSPS) is 14.7. The lowest BCUT2D eigenvalue weighted by Gasteiger charge is -2.34. The standard InChI is InChI=1S/C22H28N2O3/c1-2-27-21(25)14-17-24(20-8-4-3-5-9-20)22(26)18-10-12-19(13-11-18)23-15-6-7-16-23/h6-7,10-13,15-16,20H,2-5,8-9,14,17H2,1H3. The molecule has 0 atom stereocenters. The Hall–Kier alpha value is -2.56. The largest absolute Gasteiger partial charge is 0.466 e. The van der Waals surface area contributed by atoms with E-state index in [0.29, 0.717) is 18.7 Å². The Morgan fingerprint density at radius 1 is 1.07 bits per heavy atom. The Kier molecular flexibility index (Phi) is 6.69. The van der Waals surface area contributed by atoms with Crippen molar-refractivity contribution in [2.24, 2.45) is 0 Å². The highest BCUT2D eigenvalue weighted by atomic mass is 16.5. The van der Waals surface area contributed by atoms with Crippen molar-refractivity contribution >= 4 is 11.9 Å². The number of benzene rings is 1. The molecular weight excluding hydrogens is 340 g/mol. The molecule has 1 aliphatic carbocycles. The topological polar surface area (TPSA) is 51.5 Å². The van der Waals surface area contributed by atoms with E-state index in [1.54, 1.807) is 6.92 Å². The number of amides is 1. The van der Waals surface area contributed by atoms with Gasteiger partial charge in [-0.2, -0.15) is 0 Å². The fourth-order valence-corrected chi connectivity index (χ4v) is 3.74. The maximum absolute atomic E-state index is 13.2. The van der Waals surface area contributed by atoms with Crippen molar-refractivity contribution < 1.29 is 14.3 Å². The smallest absolute Gasteiger partial charge is 0.307 e. The molecule has 3 rings (SSSR count). The van der Waals surface area contributed by atoms with Gasteiger partial charge in [0.05, 0.1) is 13.0 Å². The Labute approximate surface area is 160 Å². The molecule has 1 heterocycles. The molecule has 1 aromatic heterocycles. The van der Waals surface area contributed by atoms with E-state index < -0.39 is 0 Å². The highest BCUT2D eigenvalue weighted by Gasteiger charge is 2.26. The molecule has 0 bridgehead atoms. The van der Waals surface area contributed by atoms with Gasteiger partial charge in [0, 0.05) is 36.2 Å². The van der Waals surface area contributed by atoms with Crippen LogP contribution in [0, 0.1) is 0 Å². The van der Waals surface area contributed by atoms with Gasteiger partial charge in [-0.15, -0.1) is 0 Å². The summed E-state index contributed by atoms with van der Waals surface area (Å²) in [6.07, 6.45) is 9.72. The maximum atomic E-state index is 13.2. The van der Waals surface area contributed by atoms with Crippen LogP contribution < -0.4 is 0 Å². The number of hydrogen-bond donors (Lipinski definition) is 0. The molecule has 0 spiro atoms. The molecule has 0 unspecified atom stereocenters. The number of aromatic nitrogens is 1. The lowest BCUT2D eigenvalue weighted by atomic mass is 9.93. The van der Waals surface area contributed by atoms with Gasteiger partial charge in [-0.05, 0) is 56.2 Å². The van der Waals surface area contributed by atoms with Gasteiger partial charge < -0.3 is 14.2 Å². The minimum atomic E-state index is -0.242. The van der Waals surface area contributed by atoms with E-state index in [2.05, 4.69) is 0 Å². The minimum absolute atomic E-state index is 0.00487. The minimum Gasteiger partial charge on any atom is -0.466 e. The van der Waals surface area contributed by atoms with Crippen molar-refractivity contribution in [1.29, 1.82) is 0 Å². The maximum Gasteiger partial charge on any atom is 0.307 e. The van der Waals surface area contributed by atoms with Gasteiger partial charge in [0.25, 0.3) is 5.91 Å². The highest BCUT2D eigenvalue weighted by Crippen LogP contribution is 2.24.